The average Bonchev–Trinajstić information content (AvgIpc) is 3.61. The Balaban J connectivity index is 1.35. The van der Waals surface area contributed by atoms with Gasteiger partial charge in [0.05, 0.1) is 33.2 Å². The van der Waals surface area contributed by atoms with Crippen molar-refractivity contribution in [3.05, 3.63) is 125 Å². The molecule has 0 radical (unpaired) electrons. The molecule has 0 fully saturated rings. The van der Waals surface area contributed by atoms with Crippen molar-refractivity contribution in [2.45, 2.75) is 24.0 Å². The number of nitrogens with one attached hydrogen (secondary N) is 3. The molecule has 278 valence electrons. The van der Waals surface area contributed by atoms with E-state index in [9.17, 15) is 19.2 Å². The van der Waals surface area contributed by atoms with Gasteiger partial charge in [-0.3, -0.25) is 14.4 Å². The lowest BCUT2D eigenvalue weighted by atomic mass is 10.0. The lowest BCUT2D eigenvalue weighted by Crippen LogP contribution is -2.30. The minimum absolute atomic E-state index is 0.0489. The zero-order valence-electron chi connectivity index (χ0n) is 30.3. The standard InChI is InChI=1S/C41H39N3O8S2/c1-6-52-41(48)35-31(27-14-9-7-10-15-27)24-53-40(35)44-37(45)25(2)54-30-19-13-18-29(23-30)42-39(47)32(43-38(46)28-16-11-8-12-17-28)20-26-21-33(49-3)36(51-5)34(22-26)50-4/h7-25H,6H2,1-5H3,(H,42,47)(H,43,46)(H,44,45)/b32-20+. The number of carbonyl (C=O) groups is 4. The van der Waals surface area contributed by atoms with Crippen molar-refractivity contribution < 1.29 is 38.1 Å². The molecule has 3 amide bonds. The Morgan fingerprint density at radius 1 is 0.815 bits per heavy atom. The molecule has 13 heteroatoms. The highest BCUT2D eigenvalue weighted by atomic mass is 32.2. The van der Waals surface area contributed by atoms with Gasteiger partial charge in [0.2, 0.25) is 11.7 Å². The minimum Gasteiger partial charge on any atom is -0.493 e. The van der Waals surface area contributed by atoms with E-state index in [1.54, 1.807) is 74.5 Å². The van der Waals surface area contributed by atoms with Crippen molar-refractivity contribution >= 4 is 63.6 Å². The second-order valence-electron chi connectivity index (χ2n) is 11.5. The van der Waals surface area contributed by atoms with Gasteiger partial charge in [-0.2, -0.15) is 0 Å². The van der Waals surface area contributed by atoms with E-state index in [-0.39, 0.29) is 18.2 Å². The van der Waals surface area contributed by atoms with Gasteiger partial charge in [-0.05, 0) is 73.5 Å². The summed E-state index contributed by atoms with van der Waals surface area (Å²) in [5.74, 6) is -0.807. The number of thioether (sulfide) groups is 1. The zero-order chi connectivity index (χ0) is 38.6. The van der Waals surface area contributed by atoms with Gasteiger partial charge in [0.15, 0.2) is 11.5 Å². The molecule has 5 rings (SSSR count). The van der Waals surface area contributed by atoms with Gasteiger partial charge >= 0.3 is 5.97 Å². The fourth-order valence-electron chi connectivity index (χ4n) is 5.30. The van der Waals surface area contributed by atoms with Crippen molar-refractivity contribution in [1.29, 1.82) is 0 Å². The number of rotatable bonds is 15. The van der Waals surface area contributed by atoms with Gasteiger partial charge in [-0.1, -0.05) is 54.6 Å². The molecule has 0 spiro atoms. The Morgan fingerprint density at radius 3 is 2.11 bits per heavy atom. The smallest absolute Gasteiger partial charge is 0.341 e. The average molecular weight is 766 g/mol. The van der Waals surface area contributed by atoms with E-state index in [0.717, 1.165) is 5.56 Å². The van der Waals surface area contributed by atoms with Gasteiger partial charge in [0.25, 0.3) is 11.8 Å². The number of carbonyl (C=O) groups excluding carboxylic acids is 4. The summed E-state index contributed by atoms with van der Waals surface area (Å²) in [4.78, 5) is 54.2. The molecular formula is C41H39N3O8S2. The van der Waals surface area contributed by atoms with Crippen LogP contribution in [0.5, 0.6) is 17.2 Å². The molecule has 0 aliphatic carbocycles. The van der Waals surface area contributed by atoms with Crippen molar-refractivity contribution in [1.82, 2.24) is 5.32 Å². The van der Waals surface area contributed by atoms with Crippen LogP contribution in [0.3, 0.4) is 0 Å². The van der Waals surface area contributed by atoms with Crippen LogP contribution in [0.4, 0.5) is 10.7 Å². The monoisotopic (exact) mass is 765 g/mol. The SMILES string of the molecule is CCOC(=O)c1c(-c2ccccc2)csc1NC(=O)C(C)Sc1cccc(NC(=O)/C(=C\c2cc(OC)c(OC)c(OC)c2)NC(=O)c2ccccc2)c1. The van der Waals surface area contributed by atoms with Gasteiger partial charge < -0.3 is 34.9 Å². The summed E-state index contributed by atoms with van der Waals surface area (Å²) in [5.41, 5.74) is 3.05. The molecule has 0 saturated heterocycles. The topological polar surface area (TPSA) is 141 Å². The molecular weight excluding hydrogens is 727 g/mol. The molecule has 0 aliphatic heterocycles. The Hall–Kier alpha value is -6.05. The Bertz CT molecular complexity index is 2130. The normalized spacial score (nSPS) is 11.5. The zero-order valence-corrected chi connectivity index (χ0v) is 31.9. The quantitative estimate of drug-likeness (QED) is 0.0547. The van der Waals surface area contributed by atoms with Crippen LogP contribution in [-0.4, -0.2) is 56.9 Å². The number of anilines is 2. The van der Waals surface area contributed by atoms with E-state index in [4.69, 9.17) is 18.9 Å². The molecule has 4 aromatic carbocycles. The number of amides is 3. The van der Waals surface area contributed by atoms with E-state index in [1.165, 1.54) is 50.5 Å². The van der Waals surface area contributed by atoms with Crippen LogP contribution in [0, 0.1) is 0 Å². The van der Waals surface area contributed by atoms with Gasteiger partial charge in [-0.25, -0.2) is 4.79 Å². The third-order valence-electron chi connectivity index (χ3n) is 7.89. The molecule has 54 heavy (non-hydrogen) atoms. The van der Waals surface area contributed by atoms with Crippen LogP contribution in [-0.2, 0) is 14.3 Å². The fraction of sp³-hybridized carbons (Fsp3) is 0.171. The minimum atomic E-state index is -0.598. The van der Waals surface area contributed by atoms with E-state index >= 15 is 0 Å². The number of esters is 1. The fourth-order valence-corrected chi connectivity index (χ4v) is 7.18. The molecule has 1 atom stereocenters. The van der Waals surface area contributed by atoms with Crippen LogP contribution in [0.15, 0.2) is 113 Å². The van der Waals surface area contributed by atoms with Crippen molar-refractivity contribution in [2.24, 2.45) is 0 Å². The number of ether oxygens (including phenoxy) is 4. The van der Waals surface area contributed by atoms with Crippen LogP contribution >= 0.6 is 23.1 Å². The van der Waals surface area contributed by atoms with E-state index < -0.39 is 23.0 Å². The van der Waals surface area contributed by atoms with E-state index in [0.29, 0.717) is 55.1 Å². The summed E-state index contributed by atoms with van der Waals surface area (Å²) in [6.07, 6.45) is 1.50. The summed E-state index contributed by atoms with van der Waals surface area (Å²) in [5, 5.41) is 10.1. The molecule has 1 aromatic heterocycles. The predicted octanol–water partition coefficient (Wildman–Crippen LogP) is 8.15. The lowest BCUT2D eigenvalue weighted by molar-refractivity contribution is -0.115. The summed E-state index contributed by atoms with van der Waals surface area (Å²) in [6.45, 7) is 3.67. The van der Waals surface area contributed by atoms with Gasteiger partial charge in [0.1, 0.15) is 16.3 Å². The van der Waals surface area contributed by atoms with Gasteiger partial charge in [0, 0.05) is 27.1 Å². The number of thiophene rings is 1. The molecule has 1 unspecified atom stereocenters. The van der Waals surface area contributed by atoms with Crippen molar-refractivity contribution in [2.75, 3.05) is 38.6 Å². The molecule has 1 heterocycles. The van der Waals surface area contributed by atoms with Crippen LogP contribution in [0.2, 0.25) is 0 Å². The van der Waals surface area contributed by atoms with Crippen LogP contribution in [0.1, 0.15) is 40.1 Å². The maximum absolute atomic E-state index is 13.8. The van der Waals surface area contributed by atoms with Crippen molar-refractivity contribution in [3.8, 4) is 28.4 Å². The van der Waals surface area contributed by atoms with E-state index in [2.05, 4.69) is 16.0 Å². The number of methoxy groups -OCH3 is 3. The Morgan fingerprint density at radius 2 is 1.48 bits per heavy atom. The van der Waals surface area contributed by atoms with Gasteiger partial charge in [-0.15, -0.1) is 23.1 Å². The second-order valence-corrected chi connectivity index (χ2v) is 13.8. The van der Waals surface area contributed by atoms with Crippen LogP contribution < -0.4 is 30.2 Å². The number of benzene rings is 4. The Kier molecular flexibility index (Phi) is 13.5. The summed E-state index contributed by atoms with van der Waals surface area (Å²) < 4.78 is 21.7. The summed E-state index contributed by atoms with van der Waals surface area (Å²) in [7, 11) is 4.45. The first kappa shape index (κ1) is 39.2. The van der Waals surface area contributed by atoms with Crippen LogP contribution in [0.25, 0.3) is 17.2 Å². The second kappa shape index (κ2) is 18.6. The first-order valence-corrected chi connectivity index (χ1v) is 18.5. The van der Waals surface area contributed by atoms with E-state index in [1.807, 2.05) is 41.8 Å². The maximum atomic E-state index is 13.8. The molecule has 11 nitrogen and oxygen atoms in total. The number of hydrogen-bond donors (Lipinski definition) is 3. The molecule has 0 saturated carbocycles. The first-order chi connectivity index (χ1) is 26.1. The highest BCUT2D eigenvalue weighted by Gasteiger charge is 2.25. The summed E-state index contributed by atoms with van der Waals surface area (Å²) >= 11 is 2.52. The molecule has 5 aromatic rings. The Labute approximate surface area is 321 Å². The third kappa shape index (κ3) is 9.68. The molecule has 3 N–H and O–H groups in total. The predicted molar refractivity (Wildman–Crippen MR) is 213 cm³/mol. The highest BCUT2D eigenvalue weighted by molar-refractivity contribution is 8.00. The molecule has 0 aliphatic rings. The maximum Gasteiger partial charge on any atom is 0.341 e. The highest BCUT2D eigenvalue weighted by Crippen LogP contribution is 2.39. The molecule has 0 bridgehead atoms. The largest absolute Gasteiger partial charge is 0.493 e. The summed E-state index contributed by atoms with van der Waals surface area (Å²) in [6, 6.07) is 28.2. The lowest BCUT2D eigenvalue weighted by Gasteiger charge is -2.15. The number of hydrogen-bond acceptors (Lipinski definition) is 10. The van der Waals surface area contributed by atoms with Crippen molar-refractivity contribution in [3.63, 3.8) is 0 Å². The third-order valence-corrected chi connectivity index (χ3v) is 9.88. The first-order valence-electron chi connectivity index (χ1n) is 16.8.